The fraction of sp³-hybridized carbons (Fsp3) is 0.609. The number of hydrogen-bond donors (Lipinski definition) is 2. The van der Waals surface area contributed by atoms with Crippen molar-refractivity contribution in [3.63, 3.8) is 0 Å². The molecule has 0 spiro atoms. The average molecular weight is 469 g/mol. The third-order valence-corrected chi connectivity index (χ3v) is 6.83. The van der Waals surface area contributed by atoms with Gasteiger partial charge in [0.25, 0.3) is 0 Å². The minimum atomic E-state index is -4.48. The molecule has 2 saturated heterocycles. The summed E-state index contributed by atoms with van der Waals surface area (Å²) in [6.07, 6.45) is -1.47. The van der Waals surface area contributed by atoms with Crippen LogP contribution in [0.1, 0.15) is 44.6 Å². The highest BCUT2D eigenvalue weighted by atomic mass is 19.4. The number of carbonyl (C=O) groups excluding carboxylic acids is 3. The Hall–Kier alpha value is -2.78. The summed E-state index contributed by atoms with van der Waals surface area (Å²) < 4.78 is 38.8. The van der Waals surface area contributed by atoms with Crippen molar-refractivity contribution >= 4 is 23.5 Å². The van der Waals surface area contributed by atoms with Crippen LogP contribution in [-0.2, 0) is 15.8 Å². The molecular formula is C23H31F3N4O3. The molecule has 1 aromatic rings. The Kier molecular flexibility index (Phi) is 7.86. The van der Waals surface area contributed by atoms with Crippen molar-refractivity contribution < 1.29 is 27.6 Å². The number of amides is 4. The van der Waals surface area contributed by atoms with Gasteiger partial charge in [0.05, 0.1) is 5.56 Å². The van der Waals surface area contributed by atoms with Gasteiger partial charge in [-0.3, -0.25) is 9.59 Å². The van der Waals surface area contributed by atoms with Crippen molar-refractivity contribution in [2.45, 2.75) is 45.2 Å². The number of likely N-dealkylation sites (tertiary alicyclic amines) is 2. The van der Waals surface area contributed by atoms with Crippen LogP contribution in [0.3, 0.4) is 0 Å². The molecule has 182 valence electrons. The largest absolute Gasteiger partial charge is 0.416 e. The summed E-state index contributed by atoms with van der Waals surface area (Å²) in [5.74, 6) is -0.171. The van der Waals surface area contributed by atoms with Gasteiger partial charge in [-0.05, 0) is 49.3 Å². The van der Waals surface area contributed by atoms with E-state index in [9.17, 15) is 27.6 Å². The fourth-order valence-corrected chi connectivity index (χ4v) is 4.74. The quantitative estimate of drug-likeness (QED) is 0.690. The second kappa shape index (κ2) is 10.4. The molecule has 0 saturated carbocycles. The SMILES string of the molecule is CC[C@H]1CN(C(=O)Nc2cccc(C(F)(F)F)c2)CC[C@H]1CC(=O)N1CCC(C(N)=O)CC1. The number of anilines is 1. The van der Waals surface area contributed by atoms with Gasteiger partial charge in [-0.25, -0.2) is 4.79 Å². The molecule has 2 aliphatic heterocycles. The van der Waals surface area contributed by atoms with Crippen LogP contribution in [0.2, 0.25) is 0 Å². The highest BCUT2D eigenvalue weighted by Gasteiger charge is 2.34. The van der Waals surface area contributed by atoms with E-state index in [1.165, 1.54) is 12.1 Å². The van der Waals surface area contributed by atoms with Crippen molar-refractivity contribution in [1.29, 1.82) is 0 Å². The smallest absolute Gasteiger partial charge is 0.369 e. The van der Waals surface area contributed by atoms with Crippen molar-refractivity contribution in [2.75, 3.05) is 31.5 Å². The van der Waals surface area contributed by atoms with E-state index in [4.69, 9.17) is 5.73 Å². The highest BCUT2D eigenvalue weighted by molar-refractivity contribution is 5.89. The number of rotatable bonds is 5. The Morgan fingerprint density at radius 2 is 1.73 bits per heavy atom. The maximum atomic E-state index is 12.9. The van der Waals surface area contributed by atoms with Crippen molar-refractivity contribution in [2.24, 2.45) is 23.5 Å². The van der Waals surface area contributed by atoms with E-state index in [-0.39, 0.29) is 35.3 Å². The predicted octanol–water partition coefficient (Wildman–Crippen LogP) is 3.70. The summed E-state index contributed by atoms with van der Waals surface area (Å²) in [6, 6.07) is 4.13. The van der Waals surface area contributed by atoms with Gasteiger partial charge in [0.15, 0.2) is 0 Å². The number of benzene rings is 1. The average Bonchev–Trinajstić information content (AvgIpc) is 2.78. The van der Waals surface area contributed by atoms with Gasteiger partial charge >= 0.3 is 12.2 Å². The van der Waals surface area contributed by atoms with Gasteiger partial charge in [0.1, 0.15) is 0 Å². The molecule has 2 heterocycles. The van der Waals surface area contributed by atoms with E-state index < -0.39 is 17.8 Å². The van der Waals surface area contributed by atoms with Gasteiger partial charge in [-0.2, -0.15) is 13.2 Å². The number of nitrogens with zero attached hydrogens (tertiary/aromatic N) is 2. The first-order valence-corrected chi connectivity index (χ1v) is 11.4. The topological polar surface area (TPSA) is 95.7 Å². The van der Waals surface area contributed by atoms with Gasteiger partial charge < -0.3 is 20.9 Å². The van der Waals surface area contributed by atoms with Gasteiger partial charge in [-0.1, -0.05) is 19.4 Å². The first-order chi connectivity index (χ1) is 15.6. The van der Waals surface area contributed by atoms with Gasteiger partial charge in [0.2, 0.25) is 11.8 Å². The minimum absolute atomic E-state index is 0.0586. The molecule has 2 aliphatic rings. The number of hydrogen-bond acceptors (Lipinski definition) is 3. The lowest BCUT2D eigenvalue weighted by Crippen LogP contribution is -2.47. The third-order valence-electron chi connectivity index (χ3n) is 6.83. The number of nitrogens with two attached hydrogens (primary N) is 1. The molecule has 3 rings (SSSR count). The summed E-state index contributed by atoms with van der Waals surface area (Å²) in [5, 5.41) is 2.56. The van der Waals surface area contributed by atoms with Crippen molar-refractivity contribution in [3.8, 4) is 0 Å². The molecule has 33 heavy (non-hydrogen) atoms. The molecule has 0 aliphatic carbocycles. The predicted molar refractivity (Wildman–Crippen MR) is 117 cm³/mol. The van der Waals surface area contributed by atoms with Crippen LogP contribution < -0.4 is 11.1 Å². The lowest BCUT2D eigenvalue weighted by molar-refractivity contribution is -0.137. The maximum Gasteiger partial charge on any atom is 0.416 e. The van der Waals surface area contributed by atoms with Crippen LogP contribution in [0, 0.1) is 17.8 Å². The second-order valence-corrected chi connectivity index (χ2v) is 8.93. The Morgan fingerprint density at radius 1 is 1.06 bits per heavy atom. The fourth-order valence-electron chi connectivity index (χ4n) is 4.74. The monoisotopic (exact) mass is 468 g/mol. The minimum Gasteiger partial charge on any atom is -0.369 e. The summed E-state index contributed by atoms with van der Waals surface area (Å²) >= 11 is 0. The molecule has 4 amide bonds. The molecule has 2 atom stereocenters. The molecule has 1 aromatic carbocycles. The van der Waals surface area contributed by atoms with Crippen LogP contribution >= 0.6 is 0 Å². The normalized spacial score (nSPS) is 22.2. The zero-order chi connectivity index (χ0) is 24.2. The number of carbonyl (C=O) groups is 3. The molecule has 3 N–H and O–H groups in total. The number of nitrogens with one attached hydrogen (secondary N) is 1. The standard InChI is InChI=1S/C23H31F3N4O3/c1-2-15-14-30(22(33)28-19-5-3-4-18(13-19)23(24,25)26)11-8-17(15)12-20(31)29-9-6-16(7-10-29)21(27)32/h3-5,13,15-17H,2,6-12,14H2,1H3,(H2,27,32)(H,28,33)/t15-,17-/m0/s1. The lowest BCUT2D eigenvalue weighted by atomic mass is 9.81. The number of piperidine rings is 2. The zero-order valence-corrected chi connectivity index (χ0v) is 18.7. The Labute approximate surface area is 191 Å². The maximum absolute atomic E-state index is 12.9. The molecule has 0 aromatic heterocycles. The lowest BCUT2D eigenvalue weighted by Gasteiger charge is -2.39. The van der Waals surface area contributed by atoms with E-state index in [0.717, 1.165) is 18.6 Å². The van der Waals surface area contributed by atoms with Crippen LogP contribution in [0.25, 0.3) is 0 Å². The molecule has 0 unspecified atom stereocenters. The highest BCUT2D eigenvalue weighted by Crippen LogP contribution is 2.32. The number of alkyl halides is 3. The van der Waals surface area contributed by atoms with E-state index >= 15 is 0 Å². The van der Waals surface area contributed by atoms with Crippen LogP contribution in [0.5, 0.6) is 0 Å². The Bertz CT molecular complexity index is 869. The first-order valence-electron chi connectivity index (χ1n) is 11.4. The van der Waals surface area contributed by atoms with Crippen LogP contribution in [-0.4, -0.2) is 53.8 Å². The first kappa shape index (κ1) is 24.9. The Morgan fingerprint density at radius 3 is 2.33 bits per heavy atom. The molecule has 2 fully saturated rings. The summed E-state index contributed by atoms with van der Waals surface area (Å²) in [7, 11) is 0. The van der Waals surface area contributed by atoms with Crippen LogP contribution in [0.15, 0.2) is 24.3 Å². The third kappa shape index (κ3) is 6.39. The van der Waals surface area contributed by atoms with E-state index in [0.29, 0.717) is 51.9 Å². The molecule has 0 radical (unpaired) electrons. The summed E-state index contributed by atoms with van der Waals surface area (Å²) in [4.78, 5) is 40.2. The second-order valence-electron chi connectivity index (χ2n) is 8.93. The van der Waals surface area contributed by atoms with Gasteiger partial charge in [0, 0.05) is 44.2 Å². The molecule has 0 bridgehead atoms. The van der Waals surface area contributed by atoms with Gasteiger partial charge in [-0.15, -0.1) is 0 Å². The van der Waals surface area contributed by atoms with Crippen LogP contribution in [0.4, 0.5) is 23.7 Å². The molecule has 7 nitrogen and oxygen atoms in total. The van der Waals surface area contributed by atoms with Crippen molar-refractivity contribution in [1.82, 2.24) is 9.80 Å². The Balaban J connectivity index is 1.53. The molecular weight excluding hydrogens is 437 g/mol. The van der Waals surface area contributed by atoms with E-state index in [1.807, 2.05) is 6.92 Å². The number of urea groups is 1. The zero-order valence-electron chi connectivity index (χ0n) is 18.7. The summed E-state index contributed by atoms with van der Waals surface area (Å²) in [6.45, 7) is 3.95. The van der Waals surface area contributed by atoms with E-state index in [2.05, 4.69) is 5.32 Å². The number of primary amides is 1. The van der Waals surface area contributed by atoms with Crippen molar-refractivity contribution in [3.05, 3.63) is 29.8 Å². The van der Waals surface area contributed by atoms with E-state index in [1.54, 1.807) is 9.80 Å². The molecule has 10 heteroatoms. The number of halogens is 3. The summed E-state index contributed by atoms with van der Waals surface area (Å²) in [5.41, 5.74) is 4.64.